The van der Waals surface area contributed by atoms with Crippen molar-refractivity contribution >= 4 is 11.3 Å². The summed E-state index contributed by atoms with van der Waals surface area (Å²) in [5.41, 5.74) is 4.36. The lowest BCUT2D eigenvalue weighted by atomic mass is 9.92. The molecule has 3 rings (SSSR count). The monoisotopic (exact) mass is 297 g/mol. The highest BCUT2D eigenvalue weighted by Crippen LogP contribution is 2.28. The summed E-state index contributed by atoms with van der Waals surface area (Å²) in [6, 6.07) is 6.21. The van der Waals surface area contributed by atoms with E-state index in [-0.39, 0.29) is 0 Å². The third kappa shape index (κ3) is 3.11. The number of carbonyl (C=O) groups excluding carboxylic acids is 1. The van der Waals surface area contributed by atoms with Crippen LogP contribution >= 0.6 is 0 Å². The summed E-state index contributed by atoms with van der Waals surface area (Å²) in [4.78, 5) is 12.7. The van der Waals surface area contributed by atoms with Gasteiger partial charge in [-0.25, -0.2) is 0 Å². The largest absolute Gasteiger partial charge is 0.320 e. The summed E-state index contributed by atoms with van der Waals surface area (Å²) in [6.45, 7) is 4.17. The van der Waals surface area contributed by atoms with Crippen LogP contribution in [0.3, 0.4) is 0 Å². The highest BCUT2D eigenvalue weighted by atomic mass is 16.1. The Balaban J connectivity index is 1.75. The predicted octanol–water partition coefficient (Wildman–Crippen LogP) is 5.49. The zero-order valence-electron chi connectivity index (χ0n) is 13.9. The quantitative estimate of drug-likeness (QED) is 0.540. The van der Waals surface area contributed by atoms with Gasteiger partial charge in [-0.1, -0.05) is 44.6 Å². The van der Waals surface area contributed by atoms with Crippen molar-refractivity contribution in [1.82, 2.24) is 4.40 Å². The molecule has 0 atom stereocenters. The van der Waals surface area contributed by atoms with Crippen molar-refractivity contribution in [2.45, 2.75) is 65.2 Å². The fraction of sp³-hybridized carbons (Fsp3) is 0.550. The van der Waals surface area contributed by atoms with Gasteiger partial charge >= 0.3 is 0 Å². The van der Waals surface area contributed by atoms with Gasteiger partial charge in [-0.15, -0.1) is 0 Å². The minimum Gasteiger partial charge on any atom is -0.320 e. The molecule has 1 aliphatic rings. The summed E-state index contributed by atoms with van der Waals surface area (Å²) < 4.78 is 2.15. The molecule has 2 heterocycles. The lowest BCUT2D eigenvalue weighted by molar-refractivity contribution is 0.0974. The van der Waals surface area contributed by atoms with Crippen LogP contribution in [0, 0.1) is 19.8 Å². The molecule has 1 saturated carbocycles. The molecule has 22 heavy (non-hydrogen) atoms. The van der Waals surface area contributed by atoms with Crippen molar-refractivity contribution in [2.75, 3.05) is 0 Å². The number of pyridine rings is 1. The molecule has 2 aromatic heterocycles. The molecule has 2 heteroatoms. The van der Waals surface area contributed by atoms with Gasteiger partial charge in [0.25, 0.3) is 0 Å². The van der Waals surface area contributed by atoms with Crippen LogP contribution in [-0.2, 0) is 0 Å². The van der Waals surface area contributed by atoms with E-state index in [1.807, 2.05) is 0 Å². The van der Waals surface area contributed by atoms with Gasteiger partial charge in [0, 0.05) is 23.9 Å². The highest BCUT2D eigenvalue weighted by molar-refractivity contribution is 6.03. The molecule has 0 bridgehead atoms. The Morgan fingerprint density at radius 1 is 1.18 bits per heavy atom. The van der Waals surface area contributed by atoms with Crippen LogP contribution in [0.4, 0.5) is 0 Å². The first-order valence-electron chi connectivity index (χ1n) is 8.77. The van der Waals surface area contributed by atoms with Crippen LogP contribution in [0.1, 0.15) is 73.0 Å². The van der Waals surface area contributed by atoms with Crippen LogP contribution < -0.4 is 0 Å². The van der Waals surface area contributed by atoms with E-state index in [4.69, 9.17) is 0 Å². The maximum atomic E-state index is 12.7. The normalized spacial score (nSPS) is 16.8. The number of carbonyl (C=O) groups is 1. The minimum atomic E-state index is 0.323. The van der Waals surface area contributed by atoms with Crippen LogP contribution in [0.2, 0.25) is 0 Å². The maximum absolute atomic E-state index is 12.7. The first-order chi connectivity index (χ1) is 10.7. The van der Waals surface area contributed by atoms with Crippen LogP contribution in [-0.4, -0.2) is 10.2 Å². The molecule has 0 aromatic carbocycles. The fourth-order valence-corrected chi connectivity index (χ4v) is 3.93. The second kappa shape index (κ2) is 6.68. The maximum Gasteiger partial charge on any atom is 0.165 e. The number of hydrogen-bond acceptors (Lipinski definition) is 1. The van der Waals surface area contributed by atoms with E-state index in [1.54, 1.807) is 0 Å². The Bertz CT molecular complexity index is 660. The summed E-state index contributed by atoms with van der Waals surface area (Å²) in [5.74, 6) is 1.09. The van der Waals surface area contributed by atoms with E-state index in [1.165, 1.54) is 44.1 Å². The van der Waals surface area contributed by atoms with E-state index in [0.717, 1.165) is 29.1 Å². The molecule has 2 aromatic rings. The highest BCUT2D eigenvalue weighted by Gasteiger charge is 2.18. The van der Waals surface area contributed by atoms with Crippen LogP contribution in [0.15, 0.2) is 24.4 Å². The number of aromatic nitrogens is 1. The average molecular weight is 297 g/mol. The standard InChI is InChI=1S/C20H27NO/c1-15-8-7-13-21-16(2)14-18(20(15)21)19(22)12-11-17-9-5-3-4-6-10-17/h7-8,13-14,17H,3-6,9-12H2,1-2H3. The number of ketones is 1. The molecule has 0 aliphatic heterocycles. The lowest BCUT2D eigenvalue weighted by Crippen LogP contribution is -2.05. The molecule has 2 nitrogen and oxygen atoms in total. The smallest absolute Gasteiger partial charge is 0.165 e. The first kappa shape index (κ1) is 15.3. The van der Waals surface area contributed by atoms with Gasteiger partial charge in [0.05, 0.1) is 5.52 Å². The molecule has 118 valence electrons. The zero-order valence-corrected chi connectivity index (χ0v) is 13.9. The Morgan fingerprint density at radius 3 is 2.64 bits per heavy atom. The molecule has 0 unspecified atom stereocenters. The zero-order chi connectivity index (χ0) is 15.5. The van der Waals surface area contributed by atoms with E-state index in [2.05, 4.69) is 42.6 Å². The van der Waals surface area contributed by atoms with Gasteiger partial charge in [0.15, 0.2) is 5.78 Å². The van der Waals surface area contributed by atoms with Crippen LogP contribution in [0.5, 0.6) is 0 Å². The van der Waals surface area contributed by atoms with Gasteiger partial charge < -0.3 is 4.40 Å². The molecule has 0 amide bonds. The van der Waals surface area contributed by atoms with E-state index < -0.39 is 0 Å². The van der Waals surface area contributed by atoms with Crippen molar-refractivity contribution < 1.29 is 4.79 Å². The number of hydrogen-bond donors (Lipinski definition) is 0. The van der Waals surface area contributed by atoms with Crippen molar-refractivity contribution in [3.05, 3.63) is 41.2 Å². The number of fused-ring (bicyclic) bond motifs is 1. The second-order valence-electron chi connectivity index (χ2n) is 6.93. The van der Waals surface area contributed by atoms with E-state index in [9.17, 15) is 4.79 Å². The fourth-order valence-electron chi connectivity index (χ4n) is 3.93. The molecular weight excluding hydrogens is 270 g/mol. The van der Waals surface area contributed by atoms with Crippen molar-refractivity contribution in [3.8, 4) is 0 Å². The van der Waals surface area contributed by atoms with Gasteiger partial charge in [-0.2, -0.15) is 0 Å². The van der Waals surface area contributed by atoms with Crippen LogP contribution in [0.25, 0.3) is 5.52 Å². The van der Waals surface area contributed by atoms with Gasteiger partial charge in [0.2, 0.25) is 0 Å². The topological polar surface area (TPSA) is 21.5 Å². The average Bonchev–Trinajstić information content (AvgIpc) is 2.70. The molecular formula is C20H27NO. The SMILES string of the molecule is Cc1cccn2c(C)cc(C(=O)CCC3CCCCCC3)c12. The summed E-state index contributed by atoms with van der Waals surface area (Å²) in [5, 5.41) is 0. The second-order valence-corrected chi connectivity index (χ2v) is 6.93. The van der Waals surface area contributed by atoms with Gasteiger partial charge in [0.1, 0.15) is 0 Å². The number of aryl methyl sites for hydroxylation is 2. The molecule has 0 N–H and O–H groups in total. The Hall–Kier alpha value is -1.57. The Morgan fingerprint density at radius 2 is 1.91 bits per heavy atom. The number of rotatable bonds is 4. The molecule has 1 fully saturated rings. The van der Waals surface area contributed by atoms with E-state index in [0.29, 0.717) is 12.2 Å². The third-order valence-corrected chi connectivity index (χ3v) is 5.24. The predicted molar refractivity (Wildman–Crippen MR) is 91.6 cm³/mol. The number of Topliss-reactive ketones (excluding diaryl/α,β-unsaturated/α-hetero) is 1. The molecule has 0 saturated heterocycles. The third-order valence-electron chi connectivity index (χ3n) is 5.24. The first-order valence-corrected chi connectivity index (χ1v) is 8.77. The van der Waals surface area contributed by atoms with Crippen molar-refractivity contribution in [3.63, 3.8) is 0 Å². The van der Waals surface area contributed by atoms with Crippen molar-refractivity contribution in [1.29, 1.82) is 0 Å². The molecule has 0 spiro atoms. The lowest BCUT2D eigenvalue weighted by Gasteiger charge is -2.13. The number of nitrogens with zero attached hydrogens (tertiary/aromatic N) is 1. The van der Waals surface area contributed by atoms with E-state index >= 15 is 0 Å². The van der Waals surface area contributed by atoms with Gasteiger partial charge in [-0.05, 0) is 43.9 Å². The molecule has 0 radical (unpaired) electrons. The Kier molecular flexibility index (Phi) is 4.66. The molecule has 1 aliphatic carbocycles. The summed E-state index contributed by atoms with van der Waals surface area (Å²) >= 11 is 0. The van der Waals surface area contributed by atoms with Crippen molar-refractivity contribution in [2.24, 2.45) is 5.92 Å². The minimum absolute atomic E-state index is 0.323. The summed E-state index contributed by atoms with van der Waals surface area (Å²) in [6.07, 6.45) is 11.9. The summed E-state index contributed by atoms with van der Waals surface area (Å²) in [7, 11) is 0. The van der Waals surface area contributed by atoms with Gasteiger partial charge in [-0.3, -0.25) is 4.79 Å². The Labute approximate surface area is 133 Å².